The third-order valence-electron chi connectivity index (χ3n) is 1.80. The second-order valence-electron chi connectivity index (χ2n) is 4.25. The fourth-order valence-electron chi connectivity index (χ4n) is 1.22. The van der Waals surface area contributed by atoms with Crippen LogP contribution in [-0.4, -0.2) is 4.98 Å². The SMILES string of the molecule is CC(C)C.Cc1c[nH]c2ccccc12. The number of rotatable bonds is 0. The fraction of sp³-hybridized carbons (Fsp3) is 0.385. The summed E-state index contributed by atoms with van der Waals surface area (Å²) in [7, 11) is 0. The molecule has 0 unspecified atom stereocenters. The zero-order chi connectivity index (χ0) is 10.6. The Balaban J connectivity index is 0.000000213. The lowest BCUT2D eigenvalue weighted by Crippen LogP contribution is -1.66. The monoisotopic (exact) mass is 189 g/mol. The van der Waals surface area contributed by atoms with Gasteiger partial charge < -0.3 is 4.98 Å². The summed E-state index contributed by atoms with van der Waals surface area (Å²) in [5.41, 5.74) is 2.54. The maximum absolute atomic E-state index is 3.19. The van der Waals surface area contributed by atoms with Crippen molar-refractivity contribution in [2.45, 2.75) is 27.7 Å². The minimum absolute atomic E-state index is 0.833. The average Bonchev–Trinajstić information content (AvgIpc) is 2.48. The molecule has 0 fully saturated rings. The normalized spacial score (nSPS) is 10.1. The molecule has 76 valence electrons. The van der Waals surface area contributed by atoms with Crippen LogP contribution >= 0.6 is 0 Å². The summed E-state index contributed by atoms with van der Waals surface area (Å²) in [5, 5.41) is 1.32. The fourth-order valence-corrected chi connectivity index (χ4v) is 1.22. The lowest BCUT2D eigenvalue weighted by atomic mass is 10.2. The molecule has 0 spiro atoms. The number of aromatic nitrogens is 1. The molecule has 1 aromatic carbocycles. The molecule has 1 heterocycles. The molecule has 0 aliphatic rings. The van der Waals surface area contributed by atoms with E-state index >= 15 is 0 Å². The van der Waals surface area contributed by atoms with Crippen LogP contribution in [0.25, 0.3) is 10.9 Å². The first kappa shape index (κ1) is 10.8. The first-order chi connectivity index (χ1) is 6.61. The van der Waals surface area contributed by atoms with E-state index in [2.05, 4.69) is 50.9 Å². The molecule has 0 amide bonds. The highest BCUT2D eigenvalue weighted by Crippen LogP contribution is 2.15. The van der Waals surface area contributed by atoms with Crippen molar-refractivity contribution >= 4 is 10.9 Å². The van der Waals surface area contributed by atoms with Crippen LogP contribution in [0.3, 0.4) is 0 Å². The van der Waals surface area contributed by atoms with Crippen LogP contribution < -0.4 is 0 Å². The first-order valence-electron chi connectivity index (χ1n) is 5.14. The van der Waals surface area contributed by atoms with Crippen LogP contribution in [0.2, 0.25) is 0 Å². The predicted octanol–water partition coefficient (Wildman–Crippen LogP) is 4.14. The molecule has 1 aromatic heterocycles. The number of hydrogen-bond donors (Lipinski definition) is 1. The van der Waals surface area contributed by atoms with Crippen LogP contribution in [0.1, 0.15) is 26.3 Å². The maximum atomic E-state index is 3.19. The van der Waals surface area contributed by atoms with Gasteiger partial charge in [-0.2, -0.15) is 0 Å². The third-order valence-corrected chi connectivity index (χ3v) is 1.80. The van der Waals surface area contributed by atoms with Crippen LogP contribution in [0.5, 0.6) is 0 Å². The summed E-state index contributed by atoms with van der Waals surface area (Å²) >= 11 is 0. The molecule has 1 heteroatoms. The summed E-state index contributed by atoms with van der Waals surface area (Å²) in [4.78, 5) is 3.19. The van der Waals surface area contributed by atoms with Crippen molar-refractivity contribution in [2.75, 3.05) is 0 Å². The van der Waals surface area contributed by atoms with Gasteiger partial charge in [0.05, 0.1) is 0 Å². The molecule has 0 saturated carbocycles. The Bertz CT molecular complexity index is 382. The number of nitrogens with one attached hydrogen (secondary N) is 1. The lowest BCUT2D eigenvalue weighted by Gasteiger charge is -1.86. The van der Waals surface area contributed by atoms with Crippen molar-refractivity contribution in [2.24, 2.45) is 5.92 Å². The van der Waals surface area contributed by atoms with Gasteiger partial charge in [-0.25, -0.2) is 0 Å². The van der Waals surface area contributed by atoms with E-state index in [1.807, 2.05) is 12.3 Å². The first-order valence-corrected chi connectivity index (χ1v) is 5.14. The lowest BCUT2D eigenvalue weighted by molar-refractivity contribution is 0.737. The van der Waals surface area contributed by atoms with Gasteiger partial charge in [0.15, 0.2) is 0 Å². The smallest absolute Gasteiger partial charge is 0.0456 e. The largest absolute Gasteiger partial charge is 0.361 e. The number of aryl methyl sites for hydroxylation is 1. The Kier molecular flexibility index (Phi) is 3.75. The second-order valence-corrected chi connectivity index (χ2v) is 4.25. The van der Waals surface area contributed by atoms with E-state index in [1.54, 1.807) is 0 Å². The van der Waals surface area contributed by atoms with E-state index in [-0.39, 0.29) is 0 Å². The summed E-state index contributed by atoms with van der Waals surface area (Å²) in [6.45, 7) is 8.61. The van der Waals surface area contributed by atoms with E-state index in [0.717, 1.165) is 5.92 Å². The molecule has 0 atom stereocenters. The number of benzene rings is 1. The summed E-state index contributed by atoms with van der Waals surface area (Å²) < 4.78 is 0. The average molecular weight is 189 g/mol. The van der Waals surface area contributed by atoms with E-state index in [0.29, 0.717) is 0 Å². The van der Waals surface area contributed by atoms with Crippen molar-refractivity contribution in [1.82, 2.24) is 4.98 Å². The third kappa shape index (κ3) is 2.91. The molecule has 2 rings (SSSR count). The number of para-hydroxylation sites is 1. The van der Waals surface area contributed by atoms with Crippen LogP contribution in [0.15, 0.2) is 30.5 Å². The Morgan fingerprint density at radius 3 is 2.21 bits per heavy atom. The van der Waals surface area contributed by atoms with Gasteiger partial charge in [0.25, 0.3) is 0 Å². The highest BCUT2D eigenvalue weighted by atomic mass is 14.7. The highest BCUT2D eigenvalue weighted by molar-refractivity contribution is 5.82. The molecule has 1 nitrogen and oxygen atoms in total. The van der Waals surface area contributed by atoms with E-state index in [1.165, 1.54) is 16.5 Å². The van der Waals surface area contributed by atoms with Crippen LogP contribution in [-0.2, 0) is 0 Å². The topological polar surface area (TPSA) is 15.8 Å². The second kappa shape index (κ2) is 4.85. The molecule has 0 bridgehead atoms. The van der Waals surface area contributed by atoms with Crippen molar-refractivity contribution in [3.63, 3.8) is 0 Å². The van der Waals surface area contributed by atoms with Crippen molar-refractivity contribution < 1.29 is 0 Å². The molecule has 0 saturated heterocycles. The Morgan fingerprint density at radius 2 is 1.64 bits per heavy atom. The quantitative estimate of drug-likeness (QED) is 0.641. The number of H-pyrrole nitrogens is 1. The van der Waals surface area contributed by atoms with Gasteiger partial charge in [0, 0.05) is 17.1 Å². The summed E-state index contributed by atoms with van der Waals surface area (Å²) in [6, 6.07) is 8.31. The Hall–Kier alpha value is -1.24. The van der Waals surface area contributed by atoms with Gasteiger partial charge in [-0.1, -0.05) is 39.0 Å². The Morgan fingerprint density at radius 1 is 1.07 bits per heavy atom. The van der Waals surface area contributed by atoms with Gasteiger partial charge in [-0.15, -0.1) is 0 Å². The standard InChI is InChI=1S/C9H9N.C4H10/c1-7-6-10-9-5-3-2-4-8(7)9;1-4(2)3/h2-6,10H,1H3;4H,1-3H3. The molecule has 0 aliphatic heterocycles. The van der Waals surface area contributed by atoms with Crippen molar-refractivity contribution in [3.05, 3.63) is 36.0 Å². The number of hydrogen-bond acceptors (Lipinski definition) is 0. The van der Waals surface area contributed by atoms with Crippen molar-refractivity contribution in [1.29, 1.82) is 0 Å². The number of fused-ring (bicyclic) bond motifs is 1. The van der Waals surface area contributed by atoms with Gasteiger partial charge in [0.1, 0.15) is 0 Å². The molecule has 1 N–H and O–H groups in total. The zero-order valence-corrected chi connectivity index (χ0v) is 9.46. The Labute approximate surface area is 86.2 Å². The van der Waals surface area contributed by atoms with Gasteiger partial charge in [-0.05, 0) is 24.5 Å². The molecule has 2 aromatic rings. The van der Waals surface area contributed by atoms with E-state index < -0.39 is 0 Å². The van der Waals surface area contributed by atoms with Crippen LogP contribution in [0.4, 0.5) is 0 Å². The van der Waals surface area contributed by atoms with Gasteiger partial charge in [0.2, 0.25) is 0 Å². The molecular formula is C13H19N. The van der Waals surface area contributed by atoms with Gasteiger partial charge >= 0.3 is 0 Å². The molecular weight excluding hydrogens is 170 g/mol. The van der Waals surface area contributed by atoms with Crippen LogP contribution in [0, 0.1) is 12.8 Å². The summed E-state index contributed by atoms with van der Waals surface area (Å²) in [5.74, 6) is 0.833. The maximum Gasteiger partial charge on any atom is 0.0456 e. The minimum Gasteiger partial charge on any atom is -0.361 e. The van der Waals surface area contributed by atoms with E-state index in [9.17, 15) is 0 Å². The molecule has 14 heavy (non-hydrogen) atoms. The number of aromatic amines is 1. The van der Waals surface area contributed by atoms with Gasteiger partial charge in [-0.3, -0.25) is 0 Å². The minimum atomic E-state index is 0.833. The molecule has 0 radical (unpaired) electrons. The molecule has 0 aliphatic carbocycles. The predicted molar refractivity (Wildman–Crippen MR) is 63.5 cm³/mol. The summed E-state index contributed by atoms with van der Waals surface area (Å²) in [6.07, 6.45) is 2.03. The highest BCUT2D eigenvalue weighted by Gasteiger charge is 1.94. The zero-order valence-electron chi connectivity index (χ0n) is 9.46. The van der Waals surface area contributed by atoms with E-state index in [4.69, 9.17) is 0 Å². The van der Waals surface area contributed by atoms with Crippen molar-refractivity contribution in [3.8, 4) is 0 Å².